The first-order valence-corrected chi connectivity index (χ1v) is 8.66. The Morgan fingerprint density at radius 2 is 2.00 bits per heavy atom. The van der Waals surface area contributed by atoms with E-state index >= 15 is 0 Å². The number of halogens is 1. The second-order valence-electron chi connectivity index (χ2n) is 4.17. The van der Waals surface area contributed by atoms with Gasteiger partial charge in [0, 0.05) is 24.7 Å². The molecule has 1 N–H and O–H groups in total. The van der Waals surface area contributed by atoms with Crippen molar-refractivity contribution in [1.29, 1.82) is 0 Å². The minimum absolute atomic E-state index is 0.267. The van der Waals surface area contributed by atoms with E-state index in [1.165, 1.54) is 0 Å². The Bertz CT molecular complexity index is 493. The van der Waals surface area contributed by atoms with E-state index in [1.807, 2.05) is 0 Å². The normalized spacial score (nSPS) is 11.7. The lowest BCUT2D eigenvalue weighted by molar-refractivity contribution is 0.0689. The van der Waals surface area contributed by atoms with Crippen LogP contribution in [0.15, 0.2) is 33.6 Å². The standard InChI is InChI=1S/C13H20BrNO4S/c1-18-9-10-19-8-3-2-7-15-20(16,17)13-6-4-5-12(14)11-13/h4-6,11,15H,2-3,7-10H2,1H3. The molecule has 0 aliphatic heterocycles. The molecule has 20 heavy (non-hydrogen) atoms. The smallest absolute Gasteiger partial charge is 0.240 e. The van der Waals surface area contributed by atoms with Gasteiger partial charge in [-0.1, -0.05) is 22.0 Å². The van der Waals surface area contributed by atoms with E-state index in [0.29, 0.717) is 26.4 Å². The Morgan fingerprint density at radius 3 is 2.70 bits per heavy atom. The van der Waals surface area contributed by atoms with Gasteiger partial charge in [0.05, 0.1) is 18.1 Å². The lowest BCUT2D eigenvalue weighted by Crippen LogP contribution is -2.25. The number of benzene rings is 1. The maximum Gasteiger partial charge on any atom is 0.240 e. The third kappa shape index (κ3) is 6.81. The van der Waals surface area contributed by atoms with Crippen LogP contribution >= 0.6 is 15.9 Å². The topological polar surface area (TPSA) is 64.6 Å². The average molecular weight is 366 g/mol. The number of hydrogen-bond acceptors (Lipinski definition) is 4. The summed E-state index contributed by atoms with van der Waals surface area (Å²) in [6.07, 6.45) is 1.55. The molecular formula is C13H20BrNO4S. The molecule has 1 aromatic rings. The highest BCUT2D eigenvalue weighted by molar-refractivity contribution is 9.10. The molecule has 0 fully saturated rings. The predicted molar refractivity (Wildman–Crippen MR) is 81.3 cm³/mol. The number of ether oxygens (including phenoxy) is 2. The first-order chi connectivity index (χ1) is 9.56. The van der Waals surface area contributed by atoms with Crippen molar-refractivity contribution in [3.8, 4) is 0 Å². The molecule has 5 nitrogen and oxygen atoms in total. The van der Waals surface area contributed by atoms with E-state index < -0.39 is 10.0 Å². The maximum absolute atomic E-state index is 12.0. The van der Waals surface area contributed by atoms with Gasteiger partial charge in [-0.25, -0.2) is 13.1 Å². The molecule has 114 valence electrons. The minimum atomic E-state index is -3.42. The molecule has 0 unspecified atom stereocenters. The molecule has 0 bridgehead atoms. The Balaban J connectivity index is 2.24. The van der Waals surface area contributed by atoms with Crippen LogP contribution in [0.1, 0.15) is 12.8 Å². The van der Waals surface area contributed by atoms with Gasteiger partial charge in [0.1, 0.15) is 0 Å². The molecule has 1 rings (SSSR count). The second-order valence-corrected chi connectivity index (χ2v) is 6.85. The van der Waals surface area contributed by atoms with E-state index in [4.69, 9.17) is 9.47 Å². The van der Waals surface area contributed by atoms with E-state index in [9.17, 15) is 8.42 Å². The number of methoxy groups -OCH3 is 1. The predicted octanol–water partition coefficient (Wildman–Crippen LogP) is 2.17. The zero-order chi connectivity index (χ0) is 14.8. The van der Waals surface area contributed by atoms with Crippen molar-refractivity contribution in [1.82, 2.24) is 4.72 Å². The fraction of sp³-hybridized carbons (Fsp3) is 0.538. The van der Waals surface area contributed by atoms with Crippen LogP contribution in [0, 0.1) is 0 Å². The van der Waals surface area contributed by atoms with Crippen LogP contribution in [-0.4, -0.2) is 41.9 Å². The molecule has 0 saturated carbocycles. The second kappa shape index (κ2) is 9.46. The third-order valence-corrected chi connectivity index (χ3v) is 4.50. The summed E-state index contributed by atoms with van der Waals surface area (Å²) in [6, 6.07) is 6.63. The summed E-state index contributed by atoms with van der Waals surface area (Å²) < 4.78 is 37.4. The fourth-order valence-corrected chi connectivity index (χ4v) is 3.17. The molecule has 0 saturated heterocycles. The van der Waals surface area contributed by atoms with E-state index in [2.05, 4.69) is 20.7 Å². The lowest BCUT2D eigenvalue weighted by atomic mass is 10.3. The minimum Gasteiger partial charge on any atom is -0.382 e. The quantitative estimate of drug-likeness (QED) is 0.645. The summed E-state index contributed by atoms with van der Waals surface area (Å²) in [5, 5.41) is 0. The Hall–Kier alpha value is -0.470. The highest BCUT2D eigenvalue weighted by Crippen LogP contribution is 2.15. The third-order valence-electron chi connectivity index (χ3n) is 2.55. The summed E-state index contributed by atoms with van der Waals surface area (Å²) in [5.74, 6) is 0. The first-order valence-electron chi connectivity index (χ1n) is 6.38. The molecule has 0 aliphatic rings. The molecular weight excluding hydrogens is 346 g/mol. The lowest BCUT2D eigenvalue weighted by Gasteiger charge is -2.07. The Kier molecular flexibility index (Phi) is 8.32. The highest BCUT2D eigenvalue weighted by atomic mass is 79.9. The molecule has 0 radical (unpaired) electrons. The highest BCUT2D eigenvalue weighted by Gasteiger charge is 2.12. The van der Waals surface area contributed by atoms with Gasteiger partial charge in [-0.3, -0.25) is 0 Å². The fourth-order valence-electron chi connectivity index (χ4n) is 1.50. The van der Waals surface area contributed by atoms with Gasteiger partial charge in [0.25, 0.3) is 0 Å². The summed E-state index contributed by atoms with van der Waals surface area (Å²) in [4.78, 5) is 0.267. The molecule has 0 amide bonds. The van der Waals surface area contributed by atoms with Crippen LogP contribution in [0.25, 0.3) is 0 Å². The zero-order valence-electron chi connectivity index (χ0n) is 11.5. The summed E-state index contributed by atoms with van der Waals surface area (Å²) in [7, 11) is -1.80. The molecule has 1 aromatic carbocycles. The molecule has 0 atom stereocenters. The van der Waals surface area contributed by atoms with Crippen molar-refractivity contribution in [2.45, 2.75) is 17.7 Å². The molecule has 0 spiro atoms. The van der Waals surface area contributed by atoms with Crippen molar-refractivity contribution < 1.29 is 17.9 Å². The monoisotopic (exact) mass is 365 g/mol. The Morgan fingerprint density at radius 1 is 1.20 bits per heavy atom. The van der Waals surface area contributed by atoms with Crippen molar-refractivity contribution in [2.75, 3.05) is 33.5 Å². The Labute approximate surface area is 128 Å². The summed E-state index contributed by atoms with van der Waals surface area (Å²) in [6.45, 7) is 2.17. The number of hydrogen-bond donors (Lipinski definition) is 1. The van der Waals surface area contributed by atoms with Crippen LogP contribution in [0.5, 0.6) is 0 Å². The largest absolute Gasteiger partial charge is 0.382 e. The van der Waals surface area contributed by atoms with Gasteiger partial charge in [0.15, 0.2) is 0 Å². The van der Waals surface area contributed by atoms with Gasteiger partial charge < -0.3 is 9.47 Å². The van der Waals surface area contributed by atoms with E-state index in [1.54, 1.807) is 31.4 Å². The number of sulfonamides is 1. The van der Waals surface area contributed by atoms with Crippen LogP contribution in [0.4, 0.5) is 0 Å². The van der Waals surface area contributed by atoms with Gasteiger partial charge in [-0.2, -0.15) is 0 Å². The molecule has 0 aliphatic carbocycles. The SMILES string of the molecule is COCCOCCCCNS(=O)(=O)c1cccc(Br)c1. The maximum atomic E-state index is 12.0. The number of nitrogens with one attached hydrogen (secondary N) is 1. The average Bonchev–Trinajstić information content (AvgIpc) is 2.42. The van der Waals surface area contributed by atoms with E-state index in [0.717, 1.165) is 17.3 Å². The van der Waals surface area contributed by atoms with Crippen molar-refractivity contribution >= 4 is 26.0 Å². The van der Waals surface area contributed by atoms with Crippen LogP contribution in [0.2, 0.25) is 0 Å². The summed E-state index contributed by atoms with van der Waals surface area (Å²) >= 11 is 3.26. The van der Waals surface area contributed by atoms with Crippen LogP contribution < -0.4 is 4.72 Å². The van der Waals surface area contributed by atoms with Gasteiger partial charge in [0.2, 0.25) is 10.0 Å². The van der Waals surface area contributed by atoms with Gasteiger partial charge >= 0.3 is 0 Å². The van der Waals surface area contributed by atoms with Crippen LogP contribution in [-0.2, 0) is 19.5 Å². The zero-order valence-corrected chi connectivity index (χ0v) is 13.9. The van der Waals surface area contributed by atoms with E-state index in [-0.39, 0.29) is 4.90 Å². The van der Waals surface area contributed by atoms with Gasteiger partial charge in [-0.05, 0) is 31.0 Å². The van der Waals surface area contributed by atoms with Crippen molar-refractivity contribution in [2.24, 2.45) is 0 Å². The van der Waals surface area contributed by atoms with Crippen LogP contribution in [0.3, 0.4) is 0 Å². The number of unbranched alkanes of at least 4 members (excludes halogenated alkanes) is 1. The summed E-state index contributed by atoms with van der Waals surface area (Å²) in [5.41, 5.74) is 0. The number of rotatable bonds is 10. The molecule has 0 heterocycles. The van der Waals surface area contributed by atoms with Gasteiger partial charge in [-0.15, -0.1) is 0 Å². The molecule has 7 heteroatoms. The first kappa shape index (κ1) is 17.6. The molecule has 0 aromatic heterocycles. The van der Waals surface area contributed by atoms with Crippen molar-refractivity contribution in [3.63, 3.8) is 0 Å². The van der Waals surface area contributed by atoms with Crippen molar-refractivity contribution in [3.05, 3.63) is 28.7 Å².